The summed E-state index contributed by atoms with van der Waals surface area (Å²) in [5, 5.41) is 0. The Balaban J connectivity index is 2.66. The molecule has 2 rings (SSSR count). The molecule has 100 valence electrons. The molecule has 0 aliphatic rings. The number of benzene rings is 1. The lowest BCUT2D eigenvalue weighted by Crippen LogP contribution is -2.22. The topological polar surface area (TPSA) is 31.2 Å². The summed E-state index contributed by atoms with van der Waals surface area (Å²) < 4.78 is 7.03. The first-order valence-electron chi connectivity index (χ1n) is 6.44. The van der Waals surface area contributed by atoms with E-state index in [0.29, 0.717) is 6.54 Å². The van der Waals surface area contributed by atoms with Gasteiger partial charge in [-0.25, -0.2) is 0 Å². The standard InChI is InChI=1S/C16H19NO2/c1-5-17-15(9-6-11(2)16(17)18)14-8-7-13(19-4)10-12(14)3/h6-10H,5H2,1-4H3. The summed E-state index contributed by atoms with van der Waals surface area (Å²) in [5.74, 6) is 0.832. The molecule has 0 saturated carbocycles. The minimum atomic E-state index is 0.0789. The third-order valence-electron chi connectivity index (χ3n) is 3.39. The second-order valence-corrected chi connectivity index (χ2v) is 4.63. The molecule has 1 aromatic carbocycles. The second kappa shape index (κ2) is 5.31. The number of nitrogens with zero attached hydrogens (tertiary/aromatic N) is 1. The average Bonchev–Trinajstić information content (AvgIpc) is 2.42. The normalized spacial score (nSPS) is 10.5. The number of aryl methyl sites for hydroxylation is 2. The van der Waals surface area contributed by atoms with E-state index < -0.39 is 0 Å². The maximum atomic E-state index is 12.2. The SMILES string of the molecule is CCn1c(-c2ccc(OC)cc2C)ccc(C)c1=O. The van der Waals surface area contributed by atoms with Gasteiger partial charge in [0.25, 0.3) is 5.56 Å². The van der Waals surface area contributed by atoms with Crippen LogP contribution in [0.15, 0.2) is 35.1 Å². The maximum Gasteiger partial charge on any atom is 0.253 e. The lowest BCUT2D eigenvalue weighted by molar-refractivity contribution is 0.414. The predicted molar refractivity (Wildman–Crippen MR) is 77.8 cm³/mol. The summed E-state index contributed by atoms with van der Waals surface area (Å²) in [6, 6.07) is 9.80. The van der Waals surface area contributed by atoms with Crippen LogP contribution in [0.2, 0.25) is 0 Å². The molecule has 1 heterocycles. The van der Waals surface area contributed by atoms with Crippen molar-refractivity contribution in [3.8, 4) is 17.0 Å². The van der Waals surface area contributed by atoms with Gasteiger partial charge in [0.2, 0.25) is 0 Å². The van der Waals surface area contributed by atoms with Gasteiger partial charge in [-0.1, -0.05) is 6.07 Å². The molecular weight excluding hydrogens is 238 g/mol. The quantitative estimate of drug-likeness (QED) is 0.845. The van der Waals surface area contributed by atoms with E-state index >= 15 is 0 Å². The molecule has 0 fully saturated rings. The van der Waals surface area contributed by atoms with E-state index in [4.69, 9.17) is 4.74 Å². The van der Waals surface area contributed by atoms with E-state index in [0.717, 1.165) is 28.1 Å². The lowest BCUT2D eigenvalue weighted by Gasteiger charge is -2.14. The minimum absolute atomic E-state index is 0.0789. The number of methoxy groups -OCH3 is 1. The molecule has 0 amide bonds. The van der Waals surface area contributed by atoms with Crippen LogP contribution in [0.1, 0.15) is 18.1 Å². The van der Waals surface area contributed by atoms with E-state index in [-0.39, 0.29) is 5.56 Å². The minimum Gasteiger partial charge on any atom is -0.497 e. The van der Waals surface area contributed by atoms with Gasteiger partial charge < -0.3 is 9.30 Å². The molecule has 0 saturated heterocycles. The molecule has 0 N–H and O–H groups in total. The highest BCUT2D eigenvalue weighted by molar-refractivity contribution is 5.65. The summed E-state index contributed by atoms with van der Waals surface area (Å²) in [6.45, 7) is 6.53. The smallest absolute Gasteiger partial charge is 0.253 e. The van der Waals surface area contributed by atoms with Crippen LogP contribution in [0.4, 0.5) is 0 Å². The third-order valence-corrected chi connectivity index (χ3v) is 3.39. The Morgan fingerprint density at radius 2 is 1.84 bits per heavy atom. The van der Waals surface area contributed by atoms with Gasteiger partial charge in [0.15, 0.2) is 0 Å². The Labute approximate surface area is 113 Å². The number of hydrogen-bond donors (Lipinski definition) is 0. The van der Waals surface area contributed by atoms with Crippen LogP contribution in [0.25, 0.3) is 11.3 Å². The van der Waals surface area contributed by atoms with Crippen molar-refractivity contribution in [2.24, 2.45) is 0 Å². The first-order valence-corrected chi connectivity index (χ1v) is 6.44. The van der Waals surface area contributed by atoms with Gasteiger partial charge in [0.1, 0.15) is 5.75 Å². The summed E-state index contributed by atoms with van der Waals surface area (Å²) in [6.07, 6.45) is 0. The van der Waals surface area contributed by atoms with E-state index in [1.165, 1.54) is 0 Å². The molecule has 0 aliphatic heterocycles. The summed E-state index contributed by atoms with van der Waals surface area (Å²) in [4.78, 5) is 12.2. The van der Waals surface area contributed by atoms with Gasteiger partial charge >= 0.3 is 0 Å². The molecule has 0 atom stereocenters. The lowest BCUT2D eigenvalue weighted by atomic mass is 10.0. The molecule has 19 heavy (non-hydrogen) atoms. The van der Waals surface area contributed by atoms with Crippen molar-refractivity contribution < 1.29 is 4.74 Å². The Hall–Kier alpha value is -2.03. The van der Waals surface area contributed by atoms with Crippen LogP contribution in [0.5, 0.6) is 5.75 Å². The maximum absolute atomic E-state index is 12.2. The fourth-order valence-corrected chi connectivity index (χ4v) is 2.29. The van der Waals surface area contributed by atoms with Crippen LogP contribution in [-0.2, 0) is 6.54 Å². The van der Waals surface area contributed by atoms with Crippen molar-refractivity contribution in [2.45, 2.75) is 27.3 Å². The monoisotopic (exact) mass is 257 g/mol. The fourth-order valence-electron chi connectivity index (χ4n) is 2.29. The number of hydrogen-bond acceptors (Lipinski definition) is 2. The van der Waals surface area contributed by atoms with E-state index in [2.05, 4.69) is 0 Å². The zero-order valence-electron chi connectivity index (χ0n) is 11.9. The molecule has 3 heteroatoms. The molecule has 0 spiro atoms. The molecular formula is C16H19NO2. The zero-order valence-corrected chi connectivity index (χ0v) is 11.9. The van der Waals surface area contributed by atoms with Gasteiger partial charge in [0, 0.05) is 17.7 Å². The van der Waals surface area contributed by atoms with E-state index in [1.54, 1.807) is 7.11 Å². The van der Waals surface area contributed by atoms with Crippen LogP contribution in [0.3, 0.4) is 0 Å². The highest BCUT2D eigenvalue weighted by Crippen LogP contribution is 2.26. The van der Waals surface area contributed by atoms with Gasteiger partial charge in [-0.15, -0.1) is 0 Å². The van der Waals surface area contributed by atoms with Crippen molar-refractivity contribution in [3.63, 3.8) is 0 Å². The molecule has 0 radical (unpaired) electrons. The summed E-state index contributed by atoms with van der Waals surface area (Å²) >= 11 is 0. The molecule has 0 unspecified atom stereocenters. The molecule has 2 aromatic rings. The van der Waals surface area contributed by atoms with Crippen LogP contribution >= 0.6 is 0 Å². The average molecular weight is 257 g/mol. The van der Waals surface area contributed by atoms with Crippen LogP contribution in [-0.4, -0.2) is 11.7 Å². The Morgan fingerprint density at radius 3 is 2.42 bits per heavy atom. The molecule has 1 aromatic heterocycles. The van der Waals surface area contributed by atoms with Crippen LogP contribution < -0.4 is 10.3 Å². The Morgan fingerprint density at radius 1 is 1.11 bits per heavy atom. The highest BCUT2D eigenvalue weighted by atomic mass is 16.5. The Bertz CT molecular complexity index is 656. The first kappa shape index (κ1) is 13.4. The summed E-state index contributed by atoms with van der Waals surface area (Å²) in [5.41, 5.74) is 3.98. The fraction of sp³-hybridized carbons (Fsp3) is 0.312. The van der Waals surface area contributed by atoms with Crippen molar-refractivity contribution >= 4 is 0 Å². The van der Waals surface area contributed by atoms with Gasteiger partial charge in [-0.05, 0) is 50.6 Å². The van der Waals surface area contributed by atoms with Crippen molar-refractivity contribution in [1.29, 1.82) is 0 Å². The summed E-state index contributed by atoms with van der Waals surface area (Å²) in [7, 11) is 1.66. The molecule has 0 aliphatic carbocycles. The molecule has 3 nitrogen and oxygen atoms in total. The second-order valence-electron chi connectivity index (χ2n) is 4.63. The van der Waals surface area contributed by atoms with Crippen LogP contribution in [0, 0.1) is 13.8 Å². The van der Waals surface area contributed by atoms with Crippen molar-refractivity contribution in [1.82, 2.24) is 4.57 Å². The Kier molecular flexibility index (Phi) is 3.74. The third kappa shape index (κ3) is 2.41. The molecule has 0 bridgehead atoms. The largest absolute Gasteiger partial charge is 0.497 e. The predicted octanol–water partition coefficient (Wildman–Crippen LogP) is 3.16. The first-order chi connectivity index (χ1) is 9.08. The van der Waals surface area contributed by atoms with E-state index in [1.807, 2.05) is 55.7 Å². The number of rotatable bonds is 3. The number of ether oxygens (including phenoxy) is 1. The zero-order chi connectivity index (χ0) is 14.0. The van der Waals surface area contributed by atoms with Gasteiger partial charge in [-0.2, -0.15) is 0 Å². The van der Waals surface area contributed by atoms with Crippen molar-refractivity contribution in [3.05, 3.63) is 51.8 Å². The number of pyridine rings is 1. The number of aromatic nitrogens is 1. The van der Waals surface area contributed by atoms with Crippen molar-refractivity contribution in [2.75, 3.05) is 7.11 Å². The van der Waals surface area contributed by atoms with E-state index in [9.17, 15) is 4.79 Å². The van der Waals surface area contributed by atoms with Gasteiger partial charge in [-0.3, -0.25) is 4.79 Å². The highest BCUT2D eigenvalue weighted by Gasteiger charge is 2.09. The van der Waals surface area contributed by atoms with Gasteiger partial charge in [0.05, 0.1) is 12.8 Å².